The van der Waals surface area contributed by atoms with Gasteiger partial charge in [0.25, 0.3) is 0 Å². The van der Waals surface area contributed by atoms with Crippen molar-refractivity contribution >= 4 is 12.0 Å². The second-order valence-electron chi connectivity index (χ2n) is 5.15. The average molecular weight is 296 g/mol. The molecular weight excluding hydrogens is 272 g/mol. The summed E-state index contributed by atoms with van der Waals surface area (Å²) >= 11 is 0. The topological polar surface area (TPSA) is 107 Å². The SMILES string of the molecule is CCC(CCNC(=O)NC(C)c1cn[nH]c1)CCC(=O)O. The maximum absolute atomic E-state index is 11.7. The Morgan fingerprint density at radius 1 is 1.43 bits per heavy atom. The van der Waals surface area contributed by atoms with Gasteiger partial charge in [0.05, 0.1) is 12.2 Å². The molecule has 2 amide bonds. The second kappa shape index (κ2) is 8.99. The predicted molar refractivity (Wildman–Crippen MR) is 78.8 cm³/mol. The maximum atomic E-state index is 11.7. The molecule has 4 N–H and O–H groups in total. The van der Waals surface area contributed by atoms with E-state index in [0.29, 0.717) is 18.9 Å². The third-order valence-electron chi connectivity index (χ3n) is 3.55. The van der Waals surface area contributed by atoms with Gasteiger partial charge < -0.3 is 15.7 Å². The lowest BCUT2D eigenvalue weighted by Crippen LogP contribution is -2.37. The molecule has 0 radical (unpaired) electrons. The lowest BCUT2D eigenvalue weighted by molar-refractivity contribution is -0.137. The first-order valence-electron chi connectivity index (χ1n) is 7.27. The molecule has 0 aliphatic heterocycles. The summed E-state index contributed by atoms with van der Waals surface area (Å²) in [4.78, 5) is 22.3. The number of urea groups is 1. The van der Waals surface area contributed by atoms with Crippen molar-refractivity contribution in [3.05, 3.63) is 18.0 Å². The molecule has 1 aromatic rings. The van der Waals surface area contributed by atoms with Gasteiger partial charge in [0.1, 0.15) is 0 Å². The van der Waals surface area contributed by atoms with E-state index in [9.17, 15) is 9.59 Å². The van der Waals surface area contributed by atoms with Gasteiger partial charge in [0.2, 0.25) is 0 Å². The van der Waals surface area contributed by atoms with E-state index in [2.05, 4.69) is 20.8 Å². The van der Waals surface area contributed by atoms with Crippen molar-refractivity contribution < 1.29 is 14.7 Å². The predicted octanol–water partition coefficient (Wildman–Crippen LogP) is 2.05. The standard InChI is InChI=1S/C14H24N4O3/c1-3-11(4-5-13(19)20)6-7-15-14(21)18-10(2)12-8-16-17-9-12/h8-11H,3-7H2,1-2H3,(H,16,17)(H,19,20)(H2,15,18,21). The summed E-state index contributed by atoms with van der Waals surface area (Å²) in [7, 11) is 0. The largest absolute Gasteiger partial charge is 0.481 e. The molecule has 0 spiro atoms. The Bertz CT molecular complexity index is 433. The molecule has 1 rings (SSSR count). The van der Waals surface area contributed by atoms with Gasteiger partial charge in [-0.15, -0.1) is 0 Å². The number of aromatic nitrogens is 2. The van der Waals surface area contributed by atoms with Gasteiger partial charge in [-0.05, 0) is 25.7 Å². The van der Waals surface area contributed by atoms with Crippen LogP contribution < -0.4 is 10.6 Å². The normalized spacial score (nSPS) is 13.4. The quantitative estimate of drug-likeness (QED) is 0.559. The average Bonchev–Trinajstić information content (AvgIpc) is 2.96. The molecule has 0 fully saturated rings. The number of rotatable bonds is 9. The highest BCUT2D eigenvalue weighted by Gasteiger charge is 2.12. The minimum atomic E-state index is -0.770. The summed E-state index contributed by atoms with van der Waals surface area (Å²) in [5.41, 5.74) is 0.915. The first-order chi connectivity index (χ1) is 10.0. The molecule has 0 saturated heterocycles. The van der Waals surface area contributed by atoms with E-state index in [1.807, 2.05) is 13.8 Å². The van der Waals surface area contributed by atoms with Gasteiger partial charge in [-0.3, -0.25) is 9.89 Å². The van der Waals surface area contributed by atoms with E-state index >= 15 is 0 Å². The van der Waals surface area contributed by atoms with Crippen LogP contribution in [0.1, 0.15) is 51.1 Å². The van der Waals surface area contributed by atoms with Crippen LogP contribution in [0.25, 0.3) is 0 Å². The van der Waals surface area contributed by atoms with Crippen LogP contribution in [-0.4, -0.2) is 33.8 Å². The smallest absolute Gasteiger partial charge is 0.315 e. The zero-order chi connectivity index (χ0) is 15.7. The van der Waals surface area contributed by atoms with Gasteiger partial charge >= 0.3 is 12.0 Å². The summed E-state index contributed by atoms with van der Waals surface area (Å²) in [6, 6.07) is -0.338. The second-order valence-corrected chi connectivity index (χ2v) is 5.15. The Balaban J connectivity index is 2.21. The van der Waals surface area contributed by atoms with Gasteiger partial charge in [-0.25, -0.2) is 4.79 Å². The Hall–Kier alpha value is -2.05. The molecular formula is C14H24N4O3. The van der Waals surface area contributed by atoms with E-state index in [0.717, 1.165) is 18.4 Å². The van der Waals surface area contributed by atoms with Crippen molar-refractivity contribution in [2.24, 2.45) is 5.92 Å². The highest BCUT2D eigenvalue weighted by molar-refractivity contribution is 5.74. The minimum absolute atomic E-state index is 0.113. The molecule has 0 aromatic carbocycles. The van der Waals surface area contributed by atoms with Crippen LogP contribution in [-0.2, 0) is 4.79 Å². The molecule has 7 nitrogen and oxygen atoms in total. The molecule has 21 heavy (non-hydrogen) atoms. The lowest BCUT2D eigenvalue weighted by Gasteiger charge is -2.16. The minimum Gasteiger partial charge on any atom is -0.481 e. The van der Waals surface area contributed by atoms with Crippen molar-refractivity contribution in [3.63, 3.8) is 0 Å². The fraction of sp³-hybridized carbons (Fsp3) is 0.643. The molecule has 0 saturated carbocycles. The lowest BCUT2D eigenvalue weighted by atomic mass is 9.97. The number of hydrogen-bond acceptors (Lipinski definition) is 3. The third-order valence-corrected chi connectivity index (χ3v) is 3.55. The van der Waals surface area contributed by atoms with Crippen LogP contribution in [0.15, 0.2) is 12.4 Å². The van der Waals surface area contributed by atoms with Crippen LogP contribution in [0.2, 0.25) is 0 Å². The zero-order valence-electron chi connectivity index (χ0n) is 12.6. The van der Waals surface area contributed by atoms with Crippen LogP contribution in [0.4, 0.5) is 4.79 Å². The molecule has 118 valence electrons. The van der Waals surface area contributed by atoms with Crippen molar-refractivity contribution in [2.75, 3.05) is 6.54 Å². The number of carbonyl (C=O) groups is 2. The van der Waals surface area contributed by atoms with Gasteiger partial charge in [0, 0.05) is 24.7 Å². The third kappa shape index (κ3) is 6.78. The number of nitrogens with one attached hydrogen (secondary N) is 3. The number of H-pyrrole nitrogens is 1. The molecule has 1 aromatic heterocycles. The zero-order valence-corrected chi connectivity index (χ0v) is 12.6. The summed E-state index contributed by atoms with van der Waals surface area (Å²) in [6.07, 6.45) is 5.95. The summed E-state index contributed by atoms with van der Waals surface area (Å²) in [6.45, 7) is 4.46. The van der Waals surface area contributed by atoms with E-state index in [-0.39, 0.29) is 18.5 Å². The monoisotopic (exact) mass is 296 g/mol. The van der Waals surface area contributed by atoms with Crippen molar-refractivity contribution in [2.45, 2.75) is 45.6 Å². The van der Waals surface area contributed by atoms with E-state index < -0.39 is 5.97 Å². The number of nitrogens with zero attached hydrogens (tertiary/aromatic N) is 1. The number of aromatic amines is 1. The number of aliphatic carboxylic acids is 1. The molecule has 2 atom stereocenters. The maximum Gasteiger partial charge on any atom is 0.315 e. The highest BCUT2D eigenvalue weighted by atomic mass is 16.4. The van der Waals surface area contributed by atoms with E-state index in [4.69, 9.17) is 5.11 Å². The summed E-state index contributed by atoms with van der Waals surface area (Å²) in [5.74, 6) is -0.444. The van der Waals surface area contributed by atoms with Crippen LogP contribution >= 0.6 is 0 Å². The number of carboxylic acids is 1. The van der Waals surface area contributed by atoms with Crippen molar-refractivity contribution in [1.29, 1.82) is 0 Å². The van der Waals surface area contributed by atoms with E-state index in [1.165, 1.54) is 0 Å². The van der Waals surface area contributed by atoms with Crippen LogP contribution in [0.3, 0.4) is 0 Å². The Morgan fingerprint density at radius 2 is 2.19 bits per heavy atom. The van der Waals surface area contributed by atoms with Gasteiger partial charge in [-0.1, -0.05) is 13.3 Å². The fourth-order valence-corrected chi connectivity index (χ4v) is 2.10. The number of hydrogen-bond donors (Lipinski definition) is 4. The fourth-order valence-electron chi connectivity index (χ4n) is 2.10. The molecule has 0 bridgehead atoms. The Labute approximate surface area is 124 Å². The summed E-state index contributed by atoms with van der Waals surface area (Å²) in [5, 5.41) is 20.8. The summed E-state index contributed by atoms with van der Waals surface area (Å²) < 4.78 is 0. The highest BCUT2D eigenvalue weighted by Crippen LogP contribution is 2.14. The number of amides is 2. The molecule has 2 unspecified atom stereocenters. The molecule has 1 heterocycles. The van der Waals surface area contributed by atoms with Crippen LogP contribution in [0, 0.1) is 5.92 Å². The first-order valence-corrected chi connectivity index (χ1v) is 7.27. The Kier molecular flexibility index (Phi) is 7.28. The van der Waals surface area contributed by atoms with E-state index in [1.54, 1.807) is 12.4 Å². The molecule has 0 aliphatic rings. The number of carbonyl (C=O) groups excluding carboxylic acids is 1. The van der Waals surface area contributed by atoms with Gasteiger partial charge in [0.15, 0.2) is 0 Å². The molecule has 0 aliphatic carbocycles. The first kappa shape index (κ1) is 17.0. The molecule has 7 heteroatoms. The van der Waals surface area contributed by atoms with Crippen LogP contribution in [0.5, 0.6) is 0 Å². The van der Waals surface area contributed by atoms with Crippen molar-refractivity contribution in [3.8, 4) is 0 Å². The van der Waals surface area contributed by atoms with Crippen molar-refractivity contribution in [1.82, 2.24) is 20.8 Å². The Morgan fingerprint density at radius 3 is 2.76 bits per heavy atom. The number of carboxylic acid groups (broad SMARTS) is 1. The van der Waals surface area contributed by atoms with Gasteiger partial charge in [-0.2, -0.15) is 5.10 Å².